The van der Waals surface area contributed by atoms with Crippen LogP contribution in [0.2, 0.25) is 0 Å². The fourth-order valence-electron chi connectivity index (χ4n) is 2.34. The number of hydrogen-bond donors (Lipinski definition) is 2. The Morgan fingerprint density at radius 3 is 2.75 bits per heavy atom. The average molecular weight is 343 g/mol. The molecule has 0 spiro atoms. The summed E-state index contributed by atoms with van der Waals surface area (Å²) in [6, 6.07) is 7.73. The molecule has 0 radical (unpaired) electrons. The third-order valence-corrected chi connectivity index (χ3v) is 3.98. The molecule has 3 rings (SSSR count). The lowest BCUT2D eigenvalue weighted by atomic mass is 10.1. The van der Waals surface area contributed by atoms with Gasteiger partial charge in [-0.3, -0.25) is 9.89 Å². The Morgan fingerprint density at radius 1 is 1.33 bits per heavy atom. The van der Waals surface area contributed by atoms with Crippen LogP contribution in [0.3, 0.4) is 0 Å². The molecule has 0 fully saturated rings. The highest BCUT2D eigenvalue weighted by molar-refractivity contribution is 7.71. The number of hydrogen-bond acceptors (Lipinski definition) is 5. The minimum Gasteiger partial charge on any atom is -0.443 e. The molecule has 0 bridgehead atoms. The Morgan fingerprint density at radius 2 is 2.08 bits per heavy atom. The number of aromatic amines is 1. The number of oxazole rings is 1. The molecule has 1 aromatic carbocycles. The highest BCUT2D eigenvalue weighted by Gasteiger charge is 2.17. The van der Waals surface area contributed by atoms with Gasteiger partial charge in [0.1, 0.15) is 5.82 Å². The highest BCUT2D eigenvalue weighted by atomic mass is 32.1. The first-order chi connectivity index (χ1) is 11.6. The lowest BCUT2D eigenvalue weighted by molar-refractivity contribution is 0.0948. The van der Waals surface area contributed by atoms with Gasteiger partial charge in [0.2, 0.25) is 0 Å². The van der Waals surface area contributed by atoms with Gasteiger partial charge in [-0.15, -0.1) is 0 Å². The van der Waals surface area contributed by atoms with Gasteiger partial charge < -0.3 is 14.3 Å². The molecule has 2 heterocycles. The molecule has 8 heteroatoms. The van der Waals surface area contributed by atoms with Crippen LogP contribution in [0.15, 0.2) is 35.1 Å². The van der Waals surface area contributed by atoms with Crippen molar-refractivity contribution in [3.05, 3.63) is 52.5 Å². The fraction of sp³-hybridized carbons (Fsp3) is 0.250. The largest absolute Gasteiger partial charge is 0.443 e. The Kier molecular flexibility index (Phi) is 4.57. The second kappa shape index (κ2) is 6.79. The molecule has 2 aromatic heterocycles. The summed E-state index contributed by atoms with van der Waals surface area (Å²) in [6.07, 6.45) is 1.28. The molecular weight excluding hydrogens is 326 g/mol. The van der Waals surface area contributed by atoms with E-state index in [4.69, 9.17) is 16.6 Å². The van der Waals surface area contributed by atoms with Crippen molar-refractivity contribution >= 4 is 18.1 Å². The maximum atomic E-state index is 12.4. The van der Waals surface area contributed by atoms with E-state index in [0.717, 1.165) is 17.0 Å². The molecule has 1 amide bonds. The lowest BCUT2D eigenvalue weighted by Crippen LogP contribution is -2.28. The minimum absolute atomic E-state index is 0.270. The van der Waals surface area contributed by atoms with E-state index >= 15 is 0 Å². The van der Waals surface area contributed by atoms with E-state index in [1.54, 1.807) is 0 Å². The van der Waals surface area contributed by atoms with E-state index in [9.17, 15) is 4.79 Å². The zero-order chi connectivity index (χ0) is 17.1. The molecule has 0 aliphatic rings. The number of nitrogens with zero attached hydrogens (tertiary/aromatic N) is 3. The number of aryl methyl sites for hydroxylation is 2. The molecule has 0 unspecified atom stereocenters. The summed E-state index contributed by atoms with van der Waals surface area (Å²) >= 11 is 5.13. The van der Waals surface area contributed by atoms with Crippen LogP contribution >= 0.6 is 12.2 Å². The third kappa shape index (κ3) is 3.28. The highest BCUT2D eigenvalue weighted by Crippen LogP contribution is 2.23. The summed E-state index contributed by atoms with van der Waals surface area (Å²) in [4.78, 5) is 16.4. The van der Waals surface area contributed by atoms with Gasteiger partial charge in [-0.05, 0) is 26.1 Å². The first kappa shape index (κ1) is 16.1. The van der Waals surface area contributed by atoms with E-state index in [0.29, 0.717) is 23.6 Å². The van der Waals surface area contributed by atoms with Crippen molar-refractivity contribution in [1.82, 2.24) is 25.1 Å². The van der Waals surface area contributed by atoms with Crippen molar-refractivity contribution in [2.45, 2.75) is 20.4 Å². The van der Waals surface area contributed by atoms with Gasteiger partial charge in [0.15, 0.2) is 22.6 Å². The monoisotopic (exact) mass is 343 g/mol. The standard InChI is InChI=1S/C16H17N5O2S/c1-10-3-5-12(6-4-10)14-13(18-9-23-14)15(22)17-7-8-21-11(2)19-20-16(21)24/h3-6,9H,7-8H2,1-2H3,(H,17,22)(H,20,24). The second-order valence-electron chi connectivity index (χ2n) is 5.38. The Hall–Kier alpha value is -2.74. The normalized spacial score (nSPS) is 10.8. The van der Waals surface area contributed by atoms with Crippen LogP contribution in [0.1, 0.15) is 21.9 Å². The summed E-state index contributed by atoms with van der Waals surface area (Å²) < 4.78 is 7.74. The van der Waals surface area contributed by atoms with Crippen molar-refractivity contribution in [1.29, 1.82) is 0 Å². The van der Waals surface area contributed by atoms with Gasteiger partial charge >= 0.3 is 0 Å². The second-order valence-corrected chi connectivity index (χ2v) is 5.77. The van der Waals surface area contributed by atoms with Crippen molar-refractivity contribution in [2.75, 3.05) is 6.54 Å². The van der Waals surface area contributed by atoms with Crippen LogP contribution < -0.4 is 5.32 Å². The van der Waals surface area contributed by atoms with Crippen LogP contribution in [0.5, 0.6) is 0 Å². The van der Waals surface area contributed by atoms with Crippen molar-refractivity contribution < 1.29 is 9.21 Å². The van der Waals surface area contributed by atoms with E-state index < -0.39 is 0 Å². The fourth-order valence-corrected chi connectivity index (χ4v) is 2.61. The SMILES string of the molecule is Cc1ccc(-c2ocnc2C(=O)NCCn2c(C)n[nH]c2=S)cc1. The predicted octanol–water partition coefficient (Wildman–Crippen LogP) is 2.64. The zero-order valence-electron chi connectivity index (χ0n) is 13.4. The predicted molar refractivity (Wildman–Crippen MR) is 91.2 cm³/mol. The Bertz CT molecular complexity index is 907. The van der Waals surface area contributed by atoms with Gasteiger partial charge in [0, 0.05) is 18.7 Å². The molecule has 7 nitrogen and oxygen atoms in total. The van der Waals surface area contributed by atoms with Crippen LogP contribution in [0, 0.1) is 18.6 Å². The molecule has 0 atom stereocenters. The smallest absolute Gasteiger partial charge is 0.273 e. The first-order valence-electron chi connectivity index (χ1n) is 7.47. The molecule has 2 N–H and O–H groups in total. The maximum absolute atomic E-state index is 12.4. The Balaban J connectivity index is 1.69. The molecule has 0 saturated carbocycles. The number of rotatable bonds is 5. The van der Waals surface area contributed by atoms with Crippen LogP contribution in [0.4, 0.5) is 0 Å². The number of nitrogens with one attached hydrogen (secondary N) is 2. The van der Waals surface area contributed by atoms with Crippen molar-refractivity contribution in [2.24, 2.45) is 0 Å². The minimum atomic E-state index is -0.285. The topological polar surface area (TPSA) is 88.7 Å². The number of aromatic nitrogens is 4. The molecule has 3 aromatic rings. The quantitative estimate of drug-likeness (QED) is 0.695. The van der Waals surface area contributed by atoms with Gasteiger partial charge in [0.25, 0.3) is 5.91 Å². The van der Waals surface area contributed by atoms with Gasteiger partial charge in [-0.1, -0.05) is 29.8 Å². The van der Waals surface area contributed by atoms with Crippen LogP contribution in [-0.4, -0.2) is 32.2 Å². The van der Waals surface area contributed by atoms with E-state index in [-0.39, 0.29) is 11.6 Å². The Labute approximate surface area is 143 Å². The van der Waals surface area contributed by atoms with E-state index in [1.165, 1.54) is 6.39 Å². The van der Waals surface area contributed by atoms with E-state index in [2.05, 4.69) is 20.5 Å². The summed E-state index contributed by atoms with van der Waals surface area (Å²) in [5.41, 5.74) is 2.22. The molecule has 124 valence electrons. The summed E-state index contributed by atoms with van der Waals surface area (Å²) in [6.45, 7) is 4.79. The molecule has 0 aliphatic heterocycles. The van der Waals surface area contributed by atoms with Gasteiger partial charge in [-0.25, -0.2) is 4.98 Å². The molecule has 0 saturated heterocycles. The summed E-state index contributed by atoms with van der Waals surface area (Å²) in [5, 5.41) is 9.57. The number of carbonyl (C=O) groups is 1. The molecule has 24 heavy (non-hydrogen) atoms. The molecule has 0 aliphatic carbocycles. The van der Waals surface area contributed by atoms with Gasteiger partial charge in [0.05, 0.1) is 0 Å². The lowest BCUT2D eigenvalue weighted by Gasteiger charge is -2.06. The number of carbonyl (C=O) groups excluding carboxylic acids is 1. The average Bonchev–Trinajstić information content (AvgIpc) is 3.17. The summed E-state index contributed by atoms with van der Waals surface area (Å²) in [7, 11) is 0. The first-order valence-corrected chi connectivity index (χ1v) is 7.87. The van der Waals surface area contributed by atoms with Crippen molar-refractivity contribution in [3.8, 4) is 11.3 Å². The maximum Gasteiger partial charge on any atom is 0.273 e. The van der Waals surface area contributed by atoms with E-state index in [1.807, 2.05) is 42.7 Å². The van der Waals surface area contributed by atoms with Crippen LogP contribution in [0.25, 0.3) is 11.3 Å². The zero-order valence-corrected chi connectivity index (χ0v) is 14.2. The number of amides is 1. The van der Waals surface area contributed by atoms with Crippen LogP contribution in [-0.2, 0) is 6.54 Å². The third-order valence-electron chi connectivity index (χ3n) is 3.67. The molecular formula is C16H17N5O2S. The summed E-state index contributed by atoms with van der Waals surface area (Å²) in [5.74, 6) is 0.951. The van der Waals surface area contributed by atoms with Crippen molar-refractivity contribution in [3.63, 3.8) is 0 Å². The number of benzene rings is 1. The number of H-pyrrole nitrogens is 1. The van der Waals surface area contributed by atoms with Gasteiger partial charge in [-0.2, -0.15) is 5.10 Å².